The molecule has 9 heteroatoms. The molecule has 0 saturated carbocycles. The molecule has 0 bridgehead atoms. The number of amides is 2. The SMILES string of the molecule is CN1CCN(c2ccc(-c3ccc4cc(C(=O)NCCNC(=O)O)[nH]c4c3)cn2)CC1. The number of likely N-dealkylation sites (N-methyl/N-ethyl adjacent to an activating group) is 1. The maximum absolute atomic E-state index is 12.3. The Kier molecular flexibility index (Phi) is 6.03. The van der Waals surface area contributed by atoms with Gasteiger partial charge in [0.2, 0.25) is 0 Å². The maximum atomic E-state index is 12.3. The molecule has 0 aliphatic carbocycles. The first-order valence-electron chi connectivity index (χ1n) is 10.3. The van der Waals surface area contributed by atoms with Gasteiger partial charge in [-0.1, -0.05) is 12.1 Å². The lowest BCUT2D eigenvalue weighted by Gasteiger charge is -2.33. The number of aromatic nitrogens is 2. The summed E-state index contributed by atoms with van der Waals surface area (Å²) in [5.74, 6) is 0.720. The number of benzene rings is 1. The fourth-order valence-corrected chi connectivity index (χ4v) is 3.65. The number of H-pyrrole nitrogens is 1. The third-order valence-corrected chi connectivity index (χ3v) is 5.46. The van der Waals surface area contributed by atoms with Gasteiger partial charge in [-0.15, -0.1) is 0 Å². The van der Waals surface area contributed by atoms with Crippen LogP contribution in [-0.2, 0) is 0 Å². The molecule has 0 unspecified atom stereocenters. The highest BCUT2D eigenvalue weighted by molar-refractivity contribution is 5.98. The Morgan fingerprint density at radius 1 is 1.03 bits per heavy atom. The van der Waals surface area contributed by atoms with E-state index in [0.29, 0.717) is 5.69 Å². The van der Waals surface area contributed by atoms with Gasteiger partial charge in [0.15, 0.2) is 0 Å². The van der Waals surface area contributed by atoms with Gasteiger partial charge in [0.1, 0.15) is 11.5 Å². The van der Waals surface area contributed by atoms with Crippen LogP contribution in [0, 0.1) is 0 Å². The Morgan fingerprint density at radius 2 is 1.77 bits per heavy atom. The van der Waals surface area contributed by atoms with Crippen LogP contribution in [0.5, 0.6) is 0 Å². The zero-order chi connectivity index (χ0) is 21.8. The third-order valence-electron chi connectivity index (χ3n) is 5.46. The second-order valence-corrected chi connectivity index (χ2v) is 7.67. The van der Waals surface area contributed by atoms with Crippen LogP contribution in [-0.4, -0.2) is 78.3 Å². The standard InChI is InChI=1S/C22H26N6O3/c1-27-8-10-28(11-9-27)20-5-4-17(14-25-20)15-2-3-16-13-19(26-18(16)12-15)21(29)23-6-7-24-22(30)31/h2-5,12-14,24,26H,6-11H2,1H3,(H,23,29)(H,30,31). The molecule has 1 fully saturated rings. The number of anilines is 1. The number of pyridine rings is 1. The molecule has 2 aromatic heterocycles. The van der Waals surface area contributed by atoms with Crippen molar-refractivity contribution in [2.24, 2.45) is 0 Å². The van der Waals surface area contributed by atoms with Gasteiger partial charge < -0.3 is 30.5 Å². The van der Waals surface area contributed by atoms with E-state index in [0.717, 1.165) is 54.0 Å². The quantitative estimate of drug-likeness (QED) is 0.452. The van der Waals surface area contributed by atoms with Crippen LogP contribution in [0.1, 0.15) is 10.5 Å². The smallest absolute Gasteiger partial charge is 0.404 e. The number of carbonyl (C=O) groups is 2. The molecule has 1 saturated heterocycles. The number of carbonyl (C=O) groups excluding carboxylic acids is 1. The number of rotatable bonds is 6. The summed E-state index contributed by atoms with van der Waals surface area (Å²) in [5, 5.41) is 14.4. The number of piperazine rings is 1. The summed E-state index contributed by atoms with van der Waals surface area (Å²) < 4.78 is 0. The van der Waals surface area contributed by atoms with Crippen LogP contribution in [0.3, 0.4) is 0 Å². The van der Waals surface area contributed by atoms with E-state index >= 15 is 0 Å². The van der Waals surface area contributed by atoms with Crippen LogP contribution in [0.4, 0.5) is 10.6 Å². The van der Waals surface area contributed by atoms with Crippen LogP contribution in [0.15, 0.2) is 42.6 Å². The summed E-state index contributed by atoms with van der Waals surface area (Å²) in [4.78, 5) is 35.2. The van der Waals surface area contributed by atoms with Crippen molar-refractivity contribution in [3.05, 3.63) is 48.3 Å². The summed E-state index contributed by atoms with van der Waals surface area (Å²) >= 11 is 0. The third kappa shape index (κ3) is 4.95. The van der Waals surface area contributed by atoms with Crippen molar-refractivity contribution in [3.63, 3.8) is 0 Å². The van der Waals surface area contributed by atoms with E-state index in [1.54, 1.807) is 6.07 Å². The van der Waals surface area contributed by atoms with E-state index in [1.807, 2.05) is 24.4 Å². The predicted molar refractivity (Wildman–Crippen MR) is 120 cm³/mol. The van der Waals surface area contributed by atoms with Crippen molar-refractivity contribution >= 4 is 28.7 Å². The van der Waals surface area contributed by atoms with Crippen molar-refractivity contribution in [1.29, 1.82) is 0 Å². The number of hydrogen-bond acceptors (Lipinski definition) is 5. The zero-order valence-corrected chi connectivity index (χ0v) is 17.4. The monoisotopic (exact) mass is 422 g/mol. The van der Waals surface area contributed by atoms with Crippen LogP contribution in [0.25, 0.3) is 22.0 Å². The van der Waals surface area contributed by atoms with E-state index in [9.17, 15) is 9.59 Å². The molecule has 0 radical (unpaired) electrons. The molecule has 1 aliphatic heterocycles. The highest BCUT2D eigenvalue weighted by Gasteiger charge is 2.15. The number of hydrogen-bond donors (Lipinski definition) is 4. The largest absolute Gasteiger partial charge is 0.465 e. The van der Waals surface area contributed by atoms with Gasteiger partial charge in [-0.2, -0.15) is 0 Å². The van der Waals surface area contributed by atoms with E-state index in [4.69, 9.17) is 5.11 Å². The van der Waals surface area contributed by atoms with Crippen LogP contribution < -0.4 is 15.5 Å². The summed E-state index contributed by atoms with van der Waals surface area (Å²) in [5.41, 5.74) is 3.32. The molecule has 4 rings (SSSR count). The highest BCUT2D eigenvalue weighted by Crippen LogP contribution is 2.26. The summed E-state index contributed by atoms with van der Waals surface area (Å²) in [6, 6.07) is 11.9. The number of nitrogens with one attached hydrogen (secondary N) is 3. The van der Waals surface area contributed by atoms with Gasteiger partial charge in [0, 0.05) is 61.9 Å². The molecule has 3 heterocycles. The maximum Gasteiger partial charge on any atom is 0.404 e. The summed E-state index contributed by atoms with van der Waals surface area (Å²) in [7, 11) is 2.14. The fourth-order valence-electron chi connectivity index (χ4n) is 3.65. The number of fused-ring (bicyclic) bond motifs is 1. The first-order chi connectivity index (χ1) is 15.0. The number of carboxylic acid groups (broad SMARTS) is 1. The van der Waals surface area contributed by atoms with Crippen LogP contribution in [0.2, 0.25) is 0 Å². The normalized spacial score (nSPS) is 14.5. The Balaban J connectivity index is 1.44. The van der Waals surface area contributed by atoms with Gasteiger partial charge in [-0.05, 0) is 36.9 Å². The number of aromatic amines is 1. The van der Waals surface area contributed by atoms with E-state index in [1.165, 1.54) is 0 Å². The van der Waals surface area contributed by atoms with Gasteiger partial charge in [0.25, 0.3) is 5.91 Å². The Labute approximate surface area is 180 Å². The lowest BCUT2D eigenvalue weighted by atomic mass is 10.1. The lowest BCUT2D eigenvalue weighted by molar-refractivity contribution is 0.0949. The second-order valence-electron chi connectivity index (χ2n) is 7.67. The molecule has 2 amide bonds. The van der Waals surface area contributed by atoms with Crippen molar-refractivity contribution in [2.45, 2.75) is 0 Å². The van der Waals surface area contributed by atoms with E-state index in [-0.39, 0.29) is 19.0 Å². The molecule has 3 aromatic rings. The van der Waals surface area contributed by atoms with Gasteiger partial charge in [-0.3, -0.25) is 4.79 Å². The molecule has 1 aromatic carbocycles. The molecule has 4 N–H and O–H groups in total. The first kappa shape index (κ1) is 20.7. The molecule has 9 nitrogen and oxygen atoms in total. The molecule has 31 heavy (non-hydrogen) atoms. The van der Waals surface area contributed by atoms with Gasteiger partial charge in [0.05, 0.1) is 0 Å². The molecule has 0 atom stereocenters. The highest BCUT2D eigenvalue weighted by atomic mass is 16.4. The van der Waals surface area contributed by atoms with Crippen molar-refractivity contribution in [3.8, 4) is 11.1 Å². The Morgan fingerprint density at radius 3 is 2.48 bits per heavy atom. The van der Waals surface area contributed by atoms with Crippen LogP contribution >= 0.6 is 0 Å². The average molecular weight is 422 g/mol. The second kappa shape index (κ2) is 9.05. The minimum atomic E-state index is -1.11. The zero-order valence-electron chi connectivity index (χ0n) is 17.4. The van der Waals surface area contributed by atoms with Crippen molar-refractivity contribution in [2.75, 3.05) is 51.2 Å². The Bertz CT molecular complexity index is 1070. The van der Waals surface area contributed by atoms with E-state index < -0.39 is 6.09 Å². The molecule has 1 aliphatic rings. The molecular formula is C22H26N6O3. The van der Waals surface area contributed by atoms with Crippen molar-refractivity contribution < 1.29 is 14.7 Å². The van der Waals surface area contributed by atoms with E-state index in [2.05, 4.69) is 49.6 Å². The molecule has 0 spiro atoms. The van der Waals surface area contributed by atoms with Gasteiger partial charge >= 0.3 is 6.09 Å². The minimum Gasteiger partial charge on any atom is -0.465 e. The van der Waals surface area contributed by atoms with Crippen molar-refractivity contribution in [1.82, 2.24) is 25.5 Å². The average Bonchev–Trinajstić information content (AvgIpc) is 3.21. The minimum absolute atomic E-state index is 0.155. The Hall–Kier alpha value is -3.59. The fraction of sp³-hybridized carbons (Fsp3) is 0.318. The molecule has 162 valence electrons. The van der Waals surface area contributed by atoms with Gasteiger partial charge in [-0.25, -0.2) is 9.78 Å². The first-order valence-corrected chi connectivity index (χ1v) is 10.3. The molecular weight excluding hydrogens is 396 g/mol. The predicted octanol–water partition coefficient (Wildman–Crippen LogP) is 1.98. The summed E-state index contributed by atoms with van der Waals surface area (Å²) in [6.07, 6.45) is 0.777. The number of nitrogens with zero attached hydrogens (tertiary/aromatic N) is 3. The topological polar surface area (TPSA) is 114 Å². The summed E-state index contributed by atoms with van der Waals surface area (Å²) in [6.45, 7) is 4.42. The lowest BCUT2D eigenvalue weighted by Crippen LogP contribution is -2.44.